The Hall–Kier alpha value is -2.49. The summed E-state index contributed by atoms with van der Waals surface area (Å²) in [6.45, 7) is 4.57. The molecule has 0 heterocycles. The predicted octanol–water partition coefficient (Wildman–Crippen LogP) is 2.86. The third-order valence-electron chi connectivity index (χ3n) is 3.52. The van der Waals surface area contributed by atoms with E-state index in [2.05, 4.69) is 6.07 Å². The second-order valence-corrected chi connectivity index (χ2v) is 5.36. The summed E-state index contributed by atoms with van der Waals surface area (Å²) in [7, 11) is 1.73. The summed E-state index contributed by atoms with van der Waals surface area (Å²) in [4.78, 5) is 14.0. The fourth-order valence-corrected chi connectivity index (χ4v) is 2.29. The van der Waals surface area contributed by atoms with Gasteiger partial charge in [0, 0.05) is 19.3 Å². The van der Waals surface area contributed by atoms with Crippen molar-refractivity contribution in [3.05, 3.63) is 58.7 Å². The average molecular weight is 284 g/mol. The summed E-state index contributed by atoms with van der Waals surface area (Å²) >= 11 is 0. The Kier molecular flexibility index (Phi) is 4.17. The summed E-state index contributed by atoms with van der Waals surface area (Å²) in [5.41, 5.74) is 9.94. The Balaban J connectivity index is 2.21. The summed E-state index contributed by atoms with van der Waals surface area (Å²) in [5.74, 6) is -0.171. The van der Waals surface area contributed by atoms with E-state index in [4.69, 9.17) is 5.73 Å². The summed E-state index contributed by atoms with van der Waals surface area (Å²) in [6.07, 6.45) is 0. The van der Waals surface area contributed by atoms with Crippen LogP contribution < -0.4 is 5.73 Å². The largest absolute Gasteiger partial charge is 0.508 e. The van der Waals surface area contributed by atoms with E-state index in [0.717, 1.165) is 11.1 Å². The first-order chi connectivity index (χ1) is 9.88. The second kappa shape index (κ2) is 5.87. The van der Waals surface area contributed by atoms with Crippen molar-refractivity contribution in [2.24, 2.45) is 0 Å². The van der Waals surface area contributed by atoms with Crippen LogP contribution in [0, 0.1) is 13.8 Å². The molecule has 4 heteroatoms. The van der Waals surface area contributed by atoms with Gasteiger partial charge < -0.3 is 15.7 Å². The number of rotatable bonds is 3. The van der Waals surface area contributed by atoms with Gasteiger partial charge in [0.05, 0.1) is 5.56 Å². The molecule has 0 spiro atoms. The molecule has 110 valence electrons. The van der Waals surface area contributed by atoms with E-state index in [1.54, 1.807) is 11.9 Å². The zero-order chi connectivity index (χ0) is 15.6. The lowest BCUT2D eigenvalue weighted by Crippen LogP contribution is -2.27. The van der Waals surface area contributed by atoms with E-state index in [1.165, 1.54) is 23.8 Å². The number of nitrogens with zero attached hydrogens (tertiary/aromatic N) is 1. The number of phenols is 1. The Labute approximate surface area is 124 Å². The van der Waals surface area contributed by atoms with E-state index in [-0.39, 0.29) is 11.7 Å². The smallest absolute Gasteiger partial charge is 0.256 e. The maximum Gasteiger partial charge on any atom is 0.256 e. The van der Waals surface area contributed by atoms with Gasteiger partial charge in [0.1, 0.15) is 5.75 Å². The molecule has 1 amide bonds. The number of aryl methyl sites for hydroxylation is 2. The van der Waals surface area contributed by atoms with E-state index in [9.17, 15) is 9.90 Å². The molecule has 0 aliphatic rings. The molecule has 0 saturated heterocycles. The van der Waals surface area contributed by atoms with Gasteiger partial charge in [-0.15, -0.1) is 0 Å². The molecule has 0 fully saturated rings. The number of anilines is 1. The van der Waals surface area contributed by atoms with Crippen LogP contribution >= 0.6 is 0 Å². The predicted molar refractivity (Wildman–Crippen MR) is 84.2 cm³/mol. The molecular formula is C17H20N2O2. The van der Waals surface area contributed by atoms with Gasteiger partial charge >= 0.3 is 0 Å². The molecular weight excluding hydrogens is 264 g/mol. The van der Waals surface area contributed by atoms with Crippen molar-refractivity contribution >= 4 is 11.6 Å². The number of aromatic hydroxyl groups is 1. The van der Waals surface area contributed by atoms with Crippen LogP contribution in [0.25, 0.3) is 0 Å². The molecule has 0 radical (unpaired) electrons. The molecule has 2 aromatic carbocycles. The minimum Gasteiger partial charge on any atom is -0.508 e. The fraction of sp³-hybridized carbons (Fsp3) is 0.235. The number of hydrogen-bond acceptors (Lipinski definition) is 3. The molecule has 0 aliphatic carbocycles. The van der Waals surface area contributed by atoms with Gasteiger partial charge in [-0.05, 0) is 43.2 Å². The molecule has 21 heavy (non-hydrogen) atoms. The Morgan fingerprint density at radius 3 is 2.57 bits per heavy atom. The zero-order valence-electron chi connectivity index (χ0n) is 12.6. The SMILES string of the molecule is Cc1ccc(CN(C)C(=O)c2cc(O)ccc2N)c(C)c1. The molecule has 3 N–H and O–H groups in total. The minimum absolute atomic E-state index is 0.0347. The zero-order valence-corrected chi connectivity index (χ0v) is 12.6. The lowest BCUT2D eigenvalue weighted by Gasteiger charge is -2.20. The number of carbonyl (C=O) groups excluding carboxylic acids is 1. The number of benzene rings is 2. The van der Waals surface area contributed by atoms with Crippen LogP contribution in [0.4, 0.5) is 5.69 Å². The van der Waals surface area contributed by atoms with Crippen LogP contribution in [-0.2, 0) is 6.54 Å². The highest BCUT2D eigenvalue weighted by atomic mass is 16.3. The second-order valence-electron chi connectivity index (χ2n) is 5.36. The molecule has 0 aliphatic heterocycles. The van der Waals surface area contributed by atoms with Gasteiger partial charge in [-0.1, -0.05) is 23.8 Å². The first-order valence-electron chi connectivity index (χ1n) is 6.78. The highest BCUT2D eigenvalue weighted by molar-refractivity contribution is 5.99. The number of nitrogens with two attached hydrogens (primary N) is 1. The number of carbonyl (C=O) groups is 1. The quantitative estimate of drug-likeness (QED) is 0.672. The lowest BCUT2D eigenvalue weighted by molar-refractivity contribution is 0.0785. The topological polar surface area (TPSA) is 66.6 Å². The Morgan fingerprint density at radius 1 is 1.19 bits per heavy atom. The number of phenolic OH excluding ortho intramolecular Hbond substituents is 1. The monoisotopic (exact) mass is 284 g/mol. The first kappa shape index (κ1) is 14.9. The van der Waals surface area contributed by atoms with Crippen molar-refractivity contribution in [3.63, 3.8) is 0 Å². The van der Waals surface area contributed by atoms with Crippen molar-refractivity contribution in [1.29, 1.82) is 0 Å². The normalized spacial score (nSPS) is 10.4. The van der Waals surface area contributed by atoms with Gasteiger partial charge in [-0.3, -0.25) is 4.79 Å². The molecule has 2 rings (SSSR count). The van der Waals surface area contributed by atoms with Crippen LogP contribution in [0.1, 0.15) is 27.0 Å². The molecule has 2 aromatic rings. The van der Waals surface area contributed by atoms with Crippen LogP contribution in [-0.4, -0.2) is 23.0 Å². The van der Waals surface area contributed by atoms with Crippen molar-refractivity contribution in [3.8, 4) is 5.75 Å². The highest BCUT2D eigenvalue weighted by Gasteiger charge is 2.16. The highest BCUT2D eigenvalue weighted by Crippen LogP contribution is 2.21. The maximum absolute atomic E-state index is 12.4. The third-order valence-corrected chi connectivity index (χ3v) is 3.52. The van der Waals surface area contributed by atoms with E-state index in [0.29, 0.717) is 17.8 Å². The van der Waals surface area contributed by atoms with Crippen LogP contribution in [0.15, 0.2) is 36.4 Å². The van der Waals surface area contributed by atoms with Gasteiger partial charge in [-0.2, -0.15) is 0 Å². The summed E-state index contributed by atoms with van der Waals surface area (Å²) < 4.78 is 0. The molecule has 0 unspecified atom stereocenters. The molecule has 4 nitrogen and oxygen atoms in total. The van der Waals surface area contributed by atoms with Crippen LogP contribution in [0.5, 0.6) is 5.75 Å². The maximum atomic E-state index is 12.4. The average Bonchev–Trinajstić information content (AvgIpc) is 2.43. The number of nitrogen functional groups attached to an aromatic ring is 1. The van der Waals surface area contributed by atoms with E-state index in [1.807, 2.05) is 26.0 Å². The van der Waals surface area contributed by atoms with Crippen molar-refractivity contribution in [1.82, 2.24) is 4.90 Å². The van der Waals surface area contributed by atoms with Crippen LogP contribution in [0.2, 0.25) is 0 Å². The molecule has 0 saturated carbocycles. The molecule has 0 aromatic heterocycles. The third kappa shape index (κ3) is 3.34. The first-order valence-corrected chi connectivity index (χ1v) is 6.78. The van der Waals surface area contributed by atoms with E-state index >= 15 is 0 Å². The summed E-state index contributed by atoms with van der Waals surface area (Å²) in [5, 5.41) is 9.51. The summed E-state index contributed by atoms with van der Waals surface area (Å²) in [6, 6.07) is 10.6. The Morgan fingerprint density at radius 2 is 1.90 bits per heavy atom. The number of amides is 1. The van der Waals surface area contributed by atoms with Crippen molar-refractivity contribution < 1.29 is 9.90 Å². The van der Waals surface area contributed by atoms with Gasteiger partial charge in [0.25, 0.3) is 5.91 Å². The lowest BCUT2D eigenvalue weighted by atomic mass is 10.0. The van der Waals surface area contributed by atoms with Crippen LogP contribution in [0.3, 0.4) is 0 Å². The van der Waals surface area contributed by atoms with Gasteiger partial charge in [-0.25, -0.2) is 0 Å². The standard InChI is InChI=1S/C17H20N2O2/c1-11-4-5-13(12(2)8-11)10-19(3)17(21)15-9-14(20)6-7-16(15)18/h4-9,20H,10,18H2,1-3H3. The van der Waals surface area contributed by atoms with Gasteiger partial charge in [0.15, 0.2) is 0 Å². The fourth-order valence-electron chi connectivity index (χ4n) is 2.29. The van der Waals surface area contributed by atoms with Gasteiger partial charge in [0.2, 0.25) is 0 Å². The van der Waals surface area contributed by atoms with Crippen molar-refractivity contribution in [2.45, 2.75) is 20.4 Å². The number of hydrogen-bond donors (Lipinski definition) is 2. The molecule has 0 bridgehead atoms. The van der Waals surface area contributed by atoms with E-state index < -0.39 is 0 Å². The van der Waals surface area contributed by atoms with Crippen molar-refractivity contribution in [2.75, 3.05) is 12.8 Å². The minimum atomic E-state index is -0.205. The Bertz CT molecular complexity index is 680. The molecule has 0 atom stereocenters.